The monoisotopic (exact) mass is 195 g/mol. The predicted molar refractivity (Wildman–Crippen MR) is 59.1 cm³/mol. The largest absolute Gasteiger partial charge is 0.336 e. The Morgan fingerprint density at radius 1 is 1.43 bits per heavy atom. The van der Waals surface area contributed by atoms with Crippen molar-refractivity contribution in [3.63, 3.8) is 0 Å². The van der Waals surface area contributed by atoms with Gasteiger partial charge in [0.05, 0.1) is 6.33 Å². The van der Waals surface area contributed by atoms with Crippen LogP contribution in [0.25, 0.3) is 0 Å². The van der Waals surface area contributed by atoms with Crippen LogP contribution in [0.5, 0.6) is 0 Å². The zero-order valence-corrected chi connectivity index (χ0v) is 9.62. The van der Waals surface area contributed by atoms with Crippen molar-refractivity contribution in [2.24, 2.45) is 5.41 Å². The summed E-state index contributed by atoms with van der Waals surface area (Å²) in [6, 6.07) is 0.533. The summed E-state index contributed by atoms with van der Waals surface area (Å²) in [6.07, 6.45) is 5.65. The fraction of sp³-hybridized carbons (Fsp3) is 0.727. The first-order valence-electron chi connectivity index (χ1n) is 5.19. The van der Waals surface area contributed by atoms with Gasteiger partial charge in [0, 0.05) is 31.5 Å². The van der Waals surface area contributed by atoms with Gasteiger partial charge in [-0.1, -0.05) is 20.8 Å². The number of nitrogens with zero attached hydrogens (tertiary/aromatic N) is 2. The molecule has 0 amide bonds. The van der Waals surface area contributed by atoms with Crippen LogP contribution in [0, 0.1) is 5.41 Å². The SMILES string of the molecule is CC(NCCn1ccnc1)C(C)(C)C. The Labute approximate surface area is 86.5 Å². The lowest BCUT2D eigenvalue weighted by atomic mass is 9.88. The maximum Gasteiger partial charge on any atom is 0.0946 e. The molecule has 0 aliphatic heterocycles. The Bertz CT molecular complexity index is 246. The molecule has 0 saturated carbocycles. The van der Waals surface area contributed by atoms with Gasteiger partial charge in [-0.25, -0.2) is 4.98 Å². The molecule has 1 aromatic heterocycles. The molecule has 0 fully saturated rings. The molecule has 0 saturated heterocycles. The Kier molecular flexibility index (Phi) is 3.69. The normalized spacial score (nSPS) is 14.3. The van der Waals surface area contributed by atoms with Crippen molar-refractivity contribution < 1.29 is 0 Å². The molecular weight excluding hydrogens is 174 g/mol. The second-order valence-electron chi connectivity index (χ2n) is 4.84. The fourth-order valence-electron chi connectivity index (χ4n) is 1.14. The van der Waals surface area contributed by atoms with Crippen molar-refractivity contribution in [2.75, 3.05) is 6.54 Å². The van der Waals surface area contributed by atoms with Gasteiger partial charge in [-0.3, -0.25) is 0 Å². The van der Waals surface area contributed by atoms with E-state index in [0.29, 0.717) is 11.5 Å². The van der Waals surface area contributed by atoms with Gasteiger partial charge in [0.2, 0.25) is 0 Å². The highest BCUT2D eigenvalue weighted by molar-refractivity contribution is 4.78. The smallest absolute Gasteiger partial charge is 0.0946 e. The van der Waals surface area contributed by atoms with Gasteiger partial charge in [-0.05, 0) is 12.3 Å². The van der Waals surface area contributed by atoms with Crippen molar-refractivity contribution in [2.45, 2.75) is 40.3 Å². The first kappa shape index (κ1) is 11.2. The summed E-state index contributed by atoms with van der Waals surface area (Å²) in [4.78, 5) is 4.00. The zero-order chi connectivity index (χ0) is 10.6. The third-order valence-electron chi connectivity index (χ3n) is 2.68. The van der Waals surface area contributed by atoms with E-state index >= 15 is 0 Å². The summed E-state index contributed by atoms with van der Waals surface area (Å²) in [7, 11) is 0. The molecule has 3 nitrogen and oxygen atoms in total. The number of hydrogen-bond acceptors (Lipinski definition) is 2. The van der Waals surface area contributed by atoms with Crippen molar-refractivity contribution >= 4 is 0 Å². The van der Waals surface area contributed by atoms with Crippen LogP contribution in [0.3, 0.4) is 0 Å². The van der Waals surface area contributed by atoms with Crippen LogP contribution in [0.15, 0.2) is 18.7 Å². The summed E-state index contributed by atoms with van der Waals surface area (Å²) in [5.41, 5.74) is 0.328. The minimum absolute atomic E-state index is 0.328. The molecule has 0 bridgehead atoms. The standard InChI is InChI=1S/C11H21N3/c1-10(11(2,3)4)13-6-8-14-7-5-12-9-14/h5,7,9-10,13H,6,8H2,1-4H3. The van der Waals surface area contributed by atoms with E-state index in [-0.39, 0.29) is 0 Å². The molecule has 14 heavy (non-hydrogen) atoms. The van der Waals surface area contributed by atoms with Crippen LogP contribution in [-0.2, 0) is 6.54 Å². The second-order valence-corrected chi connectivity index (χ2v) is 4.84. The molecule has 80 valence electrons. The first-order chi connectivity index (χ1) is 6.50. The van der Waals surface area contributed by atoms with Crippen LogP contribution in [0.1, 0.15) is 27.7 Å². The van der Waals surface area contributed by atoms with E-state index in [2.05, 4.69) is 42.6 Å². The van der Waals surface area contributed by atoms with Gasteiger partial charge in [0.15, 0.2) is 0 Å². The van der Waals surface area contributed by atoms with E-state index in [4.69, 9.17) is 0 Å². The summed E-state index contributed by atoms with van der Waals surface area (Å²) in [6.45, 7) is 11.0. The van der Waals surface area contributed by atoms with Crippen LogP contribution < -0.4 is 5.32 Å². The quantitative estimate of drug-likeness (QED) is 0.795. The average Bonchev–Trinajstić information content (AvgIpc) is 2.55. The van der Waals surface area contributed by atoms with Crippen LogP contribution in [0.4, 0.5) is 0 Å². The van der Waals surface area contributed by atoms with Crippen molar-refractivity contribution in [3.05, 3.63) is 18.7 Å². The summed E-state index contributed by atoms with van der Waals surface area (Å²) in [5.74, 6) is 0. The minimum Gasteiger partial charge on any atom is -0.336 e. The Morgan fingerprint density at radius 2 is 2.14 bits per heavy atom. The molecule has 0 radical (unpaired) electrons. The number of nitrogens with one attached hydrogen (secondary N) is 1. The molecule has 1 unspecified atom stereocenters. The molecule has 0 aliphatic carbocycles. The molecule has 0 aromatic carbocycles. The topological polar surface area (TPSA) is 29.9 Å². The molecule has 1 rings (SSSR count). The predicted octanol–water partition coefficient (Wildman–Crippen LogP) is 1.91. The van der Waals surface area contributed by atoms with Crippen molar-refractivity contribution in [3.8, 4) is 0 Å². The van der Waals surface area contributed by atoms with Crippen LogP contribution >= 0.6 is 0 Å². The molecule has 3 heteroatoms. The lowest BCUT2D eigenvalue weighted by Crippen LogP contribution is -2.39. The summed E-state index contributed by atoms with van der Waals surface area (Å²) < 4.78 is 2.09. The van der Waals surface area contributed by atoms with E-state index in [9.17, 15) is 0 Å². The fourth-order valence-corrected chi connectivity index (χ4v) is 1.14. The number of imidazole rings is 1. The van der Waals surface area contributed by atoms with E-state index in [1.165, 1.54) is 0 Å². The van der Waals surface area contributed by atoms with Crippen LogP contribution in [-0.4, -0.2) is 22.1 Å². The minimum atomic E-state index is 0.328. The molecule has 0 aliphatic rings. The van der Waals surface area contributed by atoms with Crippen molar-refractivity contribution in [1.29, 1.82) is 0 Å². The highest BCUT2D eigenvalue weighted by Gasteiger charge is 2.18. The lowest BCUT2D eigenvalue weighted by molar-refractivity contribution is 0.284. The van der Waals surface area contributed by atoms with Gasteiger partial charge < -0.3 is 9.88 Å². The van der Waals surface area contributed by atoms with Gasteiger partial charge in [-0.15, -0.1) is 0 Å². The van der Waals surface area contributed by atoms with Gasteiger partial charge in [0.25, 0.3) is 0 Å². The molecule has 0 spiro atoms. The highest BCUT2D eigenvalue weighted by Crippen LogP contribution is 2.17. The number of aromatic nitrogens is 2. The van der Waals surface area contributed by atoms with E-state index in [1.807, 2.05) is 18.7 Å². The van der Waals surface area contributed by atoms with Crippen molar-refractivity contribution in [1.82, 2.24) is 14.9 Å². The molecule has 1 N–H and O–H groups in total. The van der Waals surface area contributed by atoms with Gasteiger partial charge in [0.1, 0.15) is 0 Å². The Balaban J connectivity index is 2.22. The molecular formula is C11H21N3. The number of rotatable bonds is 4. The Hall–Kier alpha value is -0.830. The molecule has 1 heterocycles. The lowest BCUT2D eigenvalue weighted by Gasteiger charge is -2.28. The van der Waals surface area contributed by atoms with E-state index in [0.717, 1.165) is 13.1 Å². The summed E-state index contributed by atoms with van der Waals surface area (Å²) >= 11 is 0. The average molecular weight is 195 g/mol. The molecule has 1 atom stereocenters. The maximum atomic E-state index is 4.00. The summed E-state index contributed by atoms with van der Waals surface area (Å²) in [5, 5.41) is 3.51. The molecule has 1 aromatic rings. The van der Waals surface area contributed by atoms with Crippen LogP contribution in [0.2, 0.25) is 0 Å². The highest BCUT2D eigenvalue weighted by atomic mass is 15.0. The third-order valence-corrected chi connectivity index (χ3v) is 2.68. The second kappa shape index (κ2) is 4.60. The third kappa shape index (κ3) is 3.50. The zero-order valence-electron chi connectivity index (χ0n) is 9.62. The van der Waals surface area contributed by atoms with E-state index < -0.39 is 0 Å². The van der Waals surface area contributed by atoms with Gasteiger partial charge >= 0.3 is 0 Å². The van der Waals surface area contributed by atoms with E-state index in [1.54, 1.807) is 0 Å². The van der Waals surface area contributed by atoms with Gasteiger partial charge in [-0.2, -0.15) is 0 Å². The maximum absolute atomic E-state index is 4.00. The number of hydrogen-bond donors (Lipinski definition) is 1. The first-order valence-corrected chi connectivity index (χ1v) is 5.19. The Morgan fingerprint density at radius 3 is 2.64 bits per heavy atom.